The molecular weight excluding hydrogens is 231 g/mol. The SMILES string of the molecule is CCOP(=O)(OCC)C(CC(C)=O)C(C)=O. The first kappa shape index (κ1) is 15.5. The van der Waals surface area contributed by atoms with Crippen molar-refractivity contribution in [3.63, 3.8) is 0 Å². The molecule has 6 heteroatoms. The number of carbonyl (C=O) groups excluding carboxylic acids is 2. The van der Waals surface area contributed by atoms with Crippen molar-refractivity contribution in [3.05, 3.63) is 0 Å². The number of ketones is 2. The summed E-state index contributed by atoms with van der Waals surface area (Å²) in [4.78, 5) is 22.4. The smallest absolute Gasteiger partial charge is 0.308 e. The second-order valence-electron chi connectivity index (χ2n) is 3.41. The summed E-state index contributed by atoms with van der Waals surface area (Å²) < 4.78 is 22.4. The van der Waals surface area contributed by atoms with E-state index in [0.29, 0.717) is 0 Å². The molecule has 0 aliphatic heterocycles. The highest BCUT2D eigenvalue weighted by Gasteiger charge is 2.39. The molecule has 0 saturated heterocycles. The Balaban J connectivity index is 5.01. The molecule has 0 aliphatic rings. The number of hydrogen-bond acceptors (Lipinski definition) is 5. The maximum atomic E-state index is 12.3. The van der Waals surface area contributed by atoms with Crippen molar-refractivity contribution in [1.82, 2.24) is 0 Å². The maximum absolute atomic E-state index is 12.3. The van der Waals surface area contributed by atoms with Crippen LogP contribution in [0.4, 0.5) is 0 Å². The van der Waals surface area contributed by atoms with Crippen molar-refractivity contribution in [2.24, 2.45) is 0 Å². The Labute approximate surface area is 96.0 Å². The quantitative estimate of drug-likeness (QED) is 0.617. The first-order valence-electron chi connectivity index (χ1n) is 5.26. The molecule has 0 amide bonds. The molecule has 0 fully saturated rings. The van der Waals surface area contributed by atoms with Crippen LogP contribution in [-0.4, -0.2) is 30.4 Å². The maximum Gasteiger partial charge on any atom is 0.341 e. The summed E-state index contributed by atoms with van der Waals surface area (Å²) in [6.07, 6.45) is -0.105. The average Bonchev–Trinajstić information content (AvgIpc) is 2.14. The summed E-state index contributed by atoms with van der Waals surface area (Å²) in [5.74, 6) is -0.555. The summed E-state index contributed by atoms with van der Waals surface area (Å²) in [7, 11) is -3.51. The van der Waals surface area contributed by atoms with Crippen molar-refractivity contribution in [2.75, 3.05) is 13.2 Å². The van der Waals surface area contributed by atoms with Gasteiger partial charge in [-0.15, -0.1) is 0 Å². The van der Waals surface area contributed by atoms with E-state index in [9.17, 15) is 14.2 Å². The van der Waals surface area contributed by atoms with Gasteiger partial charge in [-0.05, 0) is 27.7 Å². The molecule has 94 valence electrons. The first-order valence-corrected chi connectivity index (χ1v) is 6.87. The van der Waals surface area contributed by atoms with Gasteiger partial charge in [0.05, 0.1) is 13.2 Å². The van der Waals surface area contributed by atoms with E-state index in [1.54, 1.807) is 13.8 Å². The number of rotatable bonds is 8. The molecule has 0 saturated carbocycles. The van der Waals surface area contributed by atoms with Gasteiger partial charge in [0, 0.05) is 6.42 Å². The molecular formula is C10H19O5P. The molecule has 1 atom stereocenters. The van der Waals surface area contributed by atoms with Crippen LogP contribution < -0.4 is 0 Å². The summed E-state index contributed by atoms with van der Waals surface area (Å²) >= 11 is 0. The molecule has 0 spiro atoms. The lowest BCUT2D eigenvalue weighted by Crippen LogP contribution is -2.23. The predicted molar refractivity (Wildman–Crippen MR) is 60.6 cm³/mol. The molecule has 0 N–H and O–H groups in total. The van der Waals surface area contributed by atoms with Crippen LogP contribution in [0.5, 0.6) is 0 Å². The third-order valence-electron chi connectivity index (χ3n) is 1.95. The van der Waals surface area contributed by atoms with Gasteiger partial charge in [0.15, 0.2) is 0 Å². The molecule has 16 heavy (non-hydrogen) atoms. The van der Waals surface area contributed by atoms with E-state index in [1.165, 1.54) is 13.8 Å². The minimum atomic E-state index is -3.51. The van der Waals surface area contributed by atoms with Gasteiger partial charge >= 0.3 is 7.60 Å². The Morgan fingerprint density at radius 3 is 1.81 bits per heavy atom. The normalized spacial score (nSPS) is 13.5. The number of Topliss-reactive ketones (excluding diaryl/α,β-unsaturated/α-hetero) is 2. The molecule has 0 aromatic heterocycles. The Bertz CT molecular complexity index is 290. The second kappa shape index (κ2) is 6.94. The monoisotopic (exact) mass is 250 g/mol. The van der Waals surface area contributed by atoms with Gasteiger partial charge in [0.1, 0.15) is 17.2 Å². The van der Waals surface area contributed by atoms with Crippen LogP contribution in [0.15, 0.2) is 0 Å². The first-order chi connectivity index (χ1) is 7.37. The zero-order valence-electron chi connectivity index (χ0n) is 10.2. The van der Waals surface area contributed by atoms with Crippen LogP contribution in [-0.2, 0) is 23.2 Å². The average molecular weight is 250 g/mol. The molecule has 0 radical (unpaired) electrons. The minimum absolute atomic E-state index is 0.105. The predicted octanol–water partition coefficient (Wildman–Crippen LogP) is 2.19. The van der Waals surface area contributed by atoms with Crippen molar-refractivity contribution in [1.29, 1.82) is 0 Å². The second-order valence-corrected chi connectivity index (χ2v) is 5.63. The van der Waals surface area contributed by atoms with Crippen LogP contribution >= 0.6 is 7.60 Å². The van der Waals surface area contributed by atoms with Gasteiger partial charge in [-0.2, -0.15) is 0 Å². The van der Waals surface area contributed by atoms with E-state index < -0.39 is 13.3 Å². The fourth-order valence-electron chi connectivity index (χ4n) is 1.33. The van der Waals surface area contributed by atoms with Crippen LogP contribution in [0.3, 0.4) is 0 Å². The minimum Gasteiger partial charge on any atom is -0.308 e. The highest BCUT2D eigenvalue weighted by atomic mass is 31.2. The van der Waals surface area contributed by atoms with Gasteiger partial charge < -0.3 is 9.05 Å². The van der Waals surface area contributed by atoms with E-state index in [4.69, 9.17) is 9.05 Å². The Morgan fingerprint density at radius 1 is 1.12 bits per heavy atom. The summed E-state index contributed by atoms with van der Waals surface area (Å²) in [6.45, 7) is 6.32. The van der Waals surface area contributed by atoms with E-state index >= 15 is 0 Å². The molecule has 0 heterocycles. The van der Waals surface area contributed by atoms with E-state index in [0.717, 1.165) is 0 Å². The topological polar surface area (TPSA) is 69.7 Å². The Morgan fingerprint density at radius 2 is 1.56 bits per heavy atom. The van der Waals surface area contributed by atoms with Crippen LogP contribution in [0.2, 0.25) is 0 Å². The standard InChI is InChI=1S/C10H19O5P/c1-5-14-16(13,15-6-2)10(9(4)12)7-8(3)11/h10H,5-7H2,1-4H3. The van der Waals surface area contributed by atoms with E-state index in [1.807, 2.05) is 0 Å². The highest BCUT2D eigenvalue weighted by Crippen LogP contribution is 2.54. The van der Waals surface area contributed by atoms with E-state index in [-0.39, 0.29) is 31.2 Å². The largest absolute Gasteiger partial charge is 0.341 e. The summed E-state index contributed by atoms with van der Waals surface area (Å²) in [5.41, 5.74) is -0.982. The van der Waals surface area contributed by atoms with Gasteiger partial charge in [0.25, 0.3) is 0 Å². The zero-order valence-corrected chi connectivity index (χ0v) is 11.1. The van der Waals surface area contributed by atoms with Crippen LogP contribution in [0.25, 0.3) is 0 Å². The zero-order chi connectivity index (χ0) is 12.8. The number of hydrogen-bond donors (Lipinski definition) is 0. The van der Waals surface area contributed by atoms with Crippen molar-refractivity contribution >= 4 is 19.2 Å². The fourth-order valence-corrected chi connectivity index (χ4v) is 3.41. The lowest BCUT2D eigenvalue weighted by molar-refractivity contribution is -0.122. The van der Waals surface area contributed by atoms with Gasteiger partial charge in [-0.1, -0.05) is 0 Å². The fraction of sp³-hybridized carbons (Fsp3) is 0.800. The van der Waals surface area contributed by atoms with Crippen molar-refractivity contribution < 1.29 is 23.2 Å². The molecule has 0 rings (SSSR count). The number of carbonyl (C=O) groups is 2. The molecule has 0 aromatic rings. The lowest BCUT2D eigenvalue weighted by Gasteiger charge is -2.23. The van der Waals surface area contributed by atoms with Gasteiger partial charge in [0.2, 0.25) is 0 Å². The van der Waals surface area contributed by atoms with Crippen LogP contribution in [0, 0.1) is 0 Å². The van der Waals surface area contributed by atoms with Crippen LogP contribution in [0.1, 0.15) is 34.1 Å². The van der Waals surface area contributed by atoms with Gasteiger partial charge in [-0.3, -0.25) is 14.2 Å². The molecule has 0 aliphatic carbocycles. The van der Waals surface area contributed by atoms with Crippen molar-refractivity contribution in [2.45, 2.75) is 39.8 Å². The summed E-state index contributed by atoms with van der Waals surface area (Å²) in [5, 5.41) is 0. The molecule has 0 bridgehead atoms. The molecule has 5 nitrogen and oxygen atoms in total. The molecule has 1 unspecified atom stereocenters. The molecule has 0 aromatic carbocycles. The third kappa shape index (κ3) is 4.56. The Hall–Kier alpha value is -0.510. The third-order valence-corrected chi connectivity index (χ3v) is 4.50. The Kier molecular flexibility index (Phi) is 6.72. The lowest BCUT2D eigenvalue weighted by atomic mass is 10.2. The van der Waals surface area contributed by atoms with Crippen molar-refractivity contribution in [3.8, 4) is 0 Å². The van der Waals surface area contributed by atoms with Gasteiger partial charge in [-0.25, -0.2) is 0 Å². The highest BCUT2D eigenvalue weighted by molar-refractivity contribution is 7.55. The summed E-state index contributed by atoms with van der Waals surface area (Å²) in [6, 6.07) is 0. The van der Waals surface area contributed by atoms with E-state index in [2.05, 4.69) is 0 Å².